The van der Waals surface area contributed by atoms with Crippen LogP contribution < -0.4 is 16.0 Å². The fourth-order valence-corrected chi connectivity index (χ4v) is 3.61. The summed E-state index contributed by atoms with van der Waals surface area (Å²) in [4.78, 5) is 28.3. The minimum atomic E-state index is -0.511. The van der Waals surface area contributed by atoms with Crippen LogP contribution in [0.2, 0.25) is 0 Å². The third-order valence-corrected chi connectivity index (χ3v) is 5.04. The van der Waals surface area contributed by atoms with Gasteiger partial charge in [0.25, 0.3) is 0 Å². The zero-order valence-corrected chi connectivity index (χ0v) is 16.1. The smallest absolute Gasteiger partial charge is 0.410 e. The molecule has 144 valence electrons. The number of hydrogen-bond acceptors (Lipinski definition) is 5. The number of likely N-dealkylation sites (tertiary alicyclic amines) is 1. The van der Waals surface area contributed by atoms with Crippen LogP contribution in [0.1, 0.15) is 34.1 Å². The second-order valence-corrected chi connectivity index (χ2v) is 8.21. The van der Waals surface area contributed by atoms with Gasteiger partial charge in [0.15, 0.2) is 0 Å². The third-order valence-electron chi connectivity index (χ3n) is 5.04. The molecule has 3 N–H and O–H groups in total. The van der Waals surface area contributed by atoms with Crippen LogP contribution >= 0.6 is 0 Å². The van der Waals surface area contributed by atoms with Gasteiger partial charge >= 0.3 is 12.1 Å². The van der Waals surface area contributed by atoms with Crippen molar-refractivity contribution in [3.63, 3.8) is 0 Å². The summed E-state index contributed by atoms with van der Waals surface area (Å²) >= 11 is 0. The lowest BCUT2D eigenvalue weighted by molar-refractivity contribution is 0.00732. The maximum absolute atomic E-state index is 12.5. The van der Waals surface area contributed by atoms with Gasteiger partial charge in [0, 0.05) is 25.7 Å². The molecule has 0 radical (unpaired) electrons. The summed E-state index contributed by atoms with van der Waals surface area (Å²) in [6, 6.07) is -0.143. The maximum Gasteiger partial charge on any atom is 0.410 e. The van der Waals surface area contributed by atoms with E-state index < -0.39 is 5.60 Å². The zero-order valence-electron chi connectivity index (χ0n) is 16.1. The van der Waals surface area contributed by atoms with E-state index in [0.29, 0.717) is 19.0 Å². The molecule has 0 saturated carbocycles. The lowest BCUT2D eigenvalue weighted by Crippen LogP contribution is -2.58. The van der Waals surface area contributed by atoms with Gasteiger partial charge in [-0.05, 0) is 45.4 Å². The van der Waals surface area contributed by atoms with E-state index in [-0.39, 0.29) is 24.3 Å². The van der Waals surface area contributed by atoms with Crippen molar-refractivity contribution in [2.75, 3.05) is 20.1 Å². The number of likely N-dealkylation sites (N-methyl/N-ethyl adjacent to an activating group) is 1. The minimum Gasteiger partial charge on any atom is -0.444 e. The number of piperidine rings is 1. The number of hydrogen-bond donors (Lipinski definition) is 3. The van der Waals surface area contributed by atoms with Crippen molar-refractivity contribution in [3.05, 3.63) is 23.7 Å². The van der Waals surface area contributed by atoms with Crippen LogP contribution in [0.3, 0.4) is 0 Å². The summed E-state index contributed by atoms with van der Waals surface area (Å²) in [5, 5.41) is 8.87. The number of carbonyl (C=O) groups excluding carboxylic acids is 2. The summed E-state index contributed by atoms with van der Waals surface area (Å²) in [5.74, 6) is 1.17. The van der Waals surface area contributed by atoms with E-state index in [1.165, 1.54) is 0 Å². The number of urea groups is 1. The van der Waals surface area contributed by atoms with Crippen LogP contribution in [0.15, 0.2) is 23.7 Å². The van der Waals surface area contributed by atoms with E-state index in [1.54, 1.807) is 4.90 Å². The molecule has 0 aromatic carbocycles. The number of amides is 3. The highest BCUT2D eigenvalue weighted by Crippen LogP contribution is 2.27. The van der Waals surface area contributed by atoms with Crippen molar-refractivity contribution in [3.8, 4) is 0 Å². The second kappa shape index (κ2) is 6.74. The summed E-state index contributed by atoms with van der Waals surface area (Å²) in [5.41, 5.74) is 0.483. The van der Waals surface area contributed by atoms with Gasteiger partial charge in [-0.25, -0.2) is 9.59 Å². The molecule has 0 aromatic rings. The predicted molar refractivity (Wildman–Crippen MR) is 97.9 cm³/mol. The van der Waals surface area contributed by atoms with E-state index in [2.05, 4.69) is 27.8 Å². The Morgan fingerprint density at radius 1 is 1.38 bits per heavy atom. The van der Waals surface area contributed by atoms with E-state index in [9.17, 15) is 9.59 Å². The number of fused-ring (bicyclic) bond motifs is 1. The van der Waals surface area contributed by atoms with E-state index >= 15 is 0 Å². The van der Waals surface area contributed by atoms with Gasteiger partial charge < -0.3 is 25.2 Å². The van der Waals surface area contributed by atoms with Crippen LogP contribution in [0.4, 0.5) is 9.59 Å². The van der Waals surface area contributed by atoms with Crippen molar-refractivity contribution in [2.24, 2.45) is 5.92 Å². The Morgan fingerprint density at radius 3 is 2.81 bits per heavy atom. The fourth-order valence-electron chi connectivity index (χ4n) is 3.61. The van der Waals surface area contributed by atoms with Gasteiger partial charge in [-0.2, -0.15) is 0 Å². The zero-order chi connectivity index (χ0) is 19.1. The molecule has 0 spiro atoms. The molecule has 0 aliphatic carbocycles. The first-order chi connectivity index (χ1) is 12.2. The Kier molecular flexibility index (Phi) is 4.77. The highest BCUT2D eigenvalue weighted by atomic mass is 16.6. The lowest BCUT2D eigenvalue weighted by atomic mass is 9.92. The number of nitrogens with one attached hydrogen (secondary N) is 3. The first-order valence-corrected chi connectivity index (χ1v) is 9.11. The normalized spacial score (nSPS) is 28.1. The highest BCUT2D eigenvalue weighted by Gasteiger charge is 2.37. The fraction of sp³-hybridized carbons (Fsp3) is 0.667. The van der Waals surface area contributed by atoms with Crippen LogP contribution in [0.5, 0.6) is 0 Å². The Morgan fingerprint density at radius 2 is 2.12 bits per heavy atom. The van der Waals surface area contributed by atoms with Gasteiger partial charge in [0.1, 0.15) is 17.6 Å². The first-order valence-electron chi connectivity index (χ1n) is 9.11. The SMILES string of the molecule is CC1CCN(C(=O)OC(C)(C)C)CC1N(C)C1=C2C=CNC2NC(=O)N1. The molecule has 0 bridgehead atoms. The average Bonchev–Trinajstić information content (AvgIpc) is 3.00. The van der Waals surface area contributed by atoms with Crippen molar-refractivity contribution < 1.29 is 14.3 Å². The van der Waals surface area contributed by atoms with E-state index in [1.807, 2.05) is 40.1 Å². The molecule has 3 unspecified atom stereocenters. The molecular formula is C18H29N5O3. The molecule has 3 amide bonds. The summed E-state index contributed by atoms with van der Waals surface area (Å²) in [6.07, 6.45) is 4.19. The molecule has 0 aromatic heterocycles. The summed E-state index contributed by atoms with van der Waals surface area (Å²) in [6.45, 7) is 9.05. The molecule has 1 saturated heterocycles. The summed E-state index contributed by atoms with van der Waals surface area (Å²) in [7, 11) is 1.97. The monoisotopic (exact) mass is 363 g/mol. The first kappa shape index (κ1) is 18.4. The largest absolute Gasteiger partial charge is 0.444 e. The molecule has 3 aliphatic rings. The van der Waals surface area contributed by atoms with Gasteiger partial charge in [0.05, 0.1) is 6.04 Å². The van der Waals surface area contributed by atoms with Crippen LogP contribution in [-0.4, -0.2) is 59.9 Å². The molecule has 1 fully saturated rings. The Labute approximate surface area is 154 Å². The van der Waals surface area contributed by atoms with Crippen LogP contribution in [0.25, 0.3) is 0 Å². The van der Waals surface area contributed by atoms with Crippen LogP contribution in [0, 0.1) is 5.92 Å². The van der Waals surface area contributed by atoms with Crippen molar-refractivity contribution in [1.29, 1.82) is 0 Å². The van der Waals surface area contributed by atoms with Gasteiger partial charge in [-0.15, -0.1) is 0 Å². The lowest BCUT2D eigenvalue weighted by Gasteiger charge is -2.44. The number of ether oxygens (including phenoxy) is 1. The molecule has 3 aliphatic heterocycles. The molecular weight excluding hydrogens is 334 g/mol. The topological polar surface area (TPSA) is 85.9 Å². The Hall–Kier alpha value is -2.38. The van der Waals surface area contributed by atoms with Crippen LogP contribution in [-0.2, 0) is 4.74 Å². The van der Waals surface area contributed by atoms with Gasteiger partial charge in [-0.1, -0.05) is 6.92 Å². The minimum absolute atomic E-state index is 0.0896. The highest BCUT2D eigenvalue weighted by molar-refractivity contribution is 5.79. The third kappa shape index (κ3) is 3.73. The van der Waals surface area contributed by atoms with Gasteiger partial charge in [0.2, 0.25) is 0 Å². The number of carbonyl (C=O) groups is 2. The summed E-state index contributed by atoms with van der Waals surface area (Å²) < 4.78 is 5.53. The molecule has 8 nitrogen and oxygen atoms in total. The number of nitrogens with zero attached hydrogens (tertiary/aromatic N) is 2. The molecule has 3 rings (SSSR count). The molecule has 3 atom stereocenters. The van der Waals surface area contributed by atoms with Crippen molar-refractivity contribution in [2.45, 2.75) is 51.9 Å². The second-order valence-electron chi connectivity index (χ2n) is 8.21. The van der Waals surface area contributed by atoms with Crippen molar-refractivity contribution in [1.82, 2.24) is 25.8 Å². The number of rotatable bonds is 2. The quantitative estimate of drug-likeness (QED) is 0.693. The van der Waals surface area contributed by atoms with Crippen molar-refractivity contribution >= 4 is 12.1 Å². The Balaban J connectivity index is 1.77. The average molecular weight is 363 g/mol. The predicted octanol–water partition coefficient (Wildman–Crippen LogP) is 1.53. The standard InChI is InChI=1S/C18H29N5O3/c1-11-7-9-23(17(25)26-18(2,3)4)10-13(11)22(5)15-12-6-8-19-14(12)20-16(24)21-15/h6,8,11,13-14,19H,7,9-10H2,1-5H3,(H2,20,21,24). The maximum atomic E-state index is 12.5. The molecule has 26 heavy (non-hydrogen) atoms. The molecule has 8 heteroatoms. The Bertz CT molecular complexity index is 652. The van der Waals surface area contributed by atoms with Gasteiger partial charge in [-0.3, -0.25) is 5.32 Å². The van der Waals surface area contributed by atoms with E-state index in [0.717, 1.165) is 17.8 Å². The molecule has 3 heterocycles. The van der Waals surface area contributed by atoms with E-state index in [4.69, 9.17) is 4.74 Å².